The first-order valence-electron chi connectivity index (χ1n) is 6.43. The van der Waals surface area contributed by atoms with Crippen molar-refractivity contribution in [1.82, 2.24) is 5.32 Å². The van der Waals surface area contributed by atoms with Crippen molar-refractivity contribution in [2.75, 3.05) is 7.05 Å². The first kappa shape index (κ1) is 13.4. The van der Waals surface area contributed by atoms with Crippen LogP contribution in [0.15, 0.2) is 18.2 Å². The molecule has 0 aliphatic heterocycles. The van der Waals surface area contributed by atoms with Crippen LogP contribution in [0.25, 0.3) is 0 Å². The smallest absolute Gasteiger partial charge is 0.126 e. The molecule has 100 valence electrons. The minimum absolute atomic E-state index is 0.134. The predicted octanol–water partition coefficient (Wildman–Crippen LogP) is 3.01. The Balaban J connectivity index is 1.93. The Morgan fingerprint density at radius 3 is 2.50 bits per heavy atom. The summed E-state index contributed by atoms with van der Waals surface area (Å²) in [6, 6.07) is 3.86. The second kappa shape index (κ2) is 6.25. The Morgan fingerprint density at radius 1 is 1.17 bits per heavy atom. The van der Waals surface area contributed by atoms with Gasteiger partial charge in [-0.25, -0.2) is 8.78 Å². The molecular formula is C14H19F2NO. The Hall–Kier alpha value is -1.00. The molecule has 2 nitrogen and oxygen atoms in total. The molecule has 1 aromatic rings. The van der Waals surface area contributed by atoms with Gasteiger partial charge < -0.3 is 10.1 Å². The largest absolute Gasteiger partial charge is 0.372 e. The summed E-state index contributed by atoms with van der Waals surface area (Å²) in [5, 5.41) is 3.24. The molecule has 0 heterocycles. The van der Waals surface area contributed by atoms with Crippen molar-refractivity contribution in [2.24, 2.45) is 0 Å². The van der Waals surface area contributed by atoms with Gasteiger partial charge in [0.25, 0.3) is 0 Å². The number of halogens is 2. The zero-order chi connectivity index (χ0) is 13.0. The molecular weight excluding hydrogens is 236 g/mol. The van der Waals surface area contributed by atoms with Crippen molar-refractivity contribution in [3.05, 3.63) is 35.4 Å². The summed E-state index contributed by atoms with van der Waals surface area (Å²) in [5.74, 6) is -1.11. The topological polar surface area (TPSA) is 21.3 Å². The van der Waals surface area contributed by atoms with Crippen molar-refractivity contribution in [1.29, 1.82) is 0 Å². The van der Waals surface area contributed by atoms with Gasteiger partial charge in [-0.3, -0.25) is 0 Å². The summed E-state index contributed by atoms with van der Waals surface area (Å²) in [7, 11) is 1.92. The van der Waals surface area contributed by atoms with Gasteiger partial charge in [-0.05, 0) is 37.6 Å². The predicted molar refractivity (Wildman–Crippen MR) is 66.3 cm³/mol. The Labute approximate surface area is 106 Å². The van der Waals surface area contributed by atoms with Crippen LogP contribution in [0.3, 0.4) is 0 Å². The van der Waals surface area contributed by atoms with Gasteiger partial charge in [0.1, 0.15) is 11.6 Å². The van der Waals surface area contributed by atoms with Gasteiger partial charge in [0, 0.05) is 12.1 Å². The van der Waals surface area contributed by atoms with Gasteiger partial charge in [-0.1, -0.05) is 12.8 Å². The van der Waals surface area contributed by atoms with E-state index in [1.54, 1.807) is 0 Å². The average molecular weight is 255 g/mol. The highest BCUT2D eigenvalue weighted by atomic mass is 19.1. The van der Waals surface area contributed by atoms with Crippen LogP contribution < -0.4 is 5.32 Å². The van der Waals surface area contributed by atoms with Crippen molar-refractivity contribution < 1.29 is 13.5 Å². The van der Waals surface area contributed by atoms with Gasteiger partial charge in [0.05, 0.1) is 12.7 Å². The summed E-state index contributed by atoms with van der Waals surface area (Å²) in [4.78, 5) is 0. The highest BCUT2D eigenvalue weighted by molar-refractivity contribution is 5.17. The first-order valence-corrected chi connectivity index (χ1v) is 6.43. The van der Waals surface area contributed by atoms with E-state index in [1.807, 2.05) is 7.05 Å². The molecule has 0 spiro atoms. The maximum Gasteiger partial charge on any atom is 0.126 e. The fourth-order valence-corrected chi connectivity index (χ4v) is 2.52. The maximum atomic E-state index is 13.0. The number of hydrogen-bond acceptors (Lipinski definition) is 2. The molecule has 1 aliphatic carbocycles. The average Bonchev–Trinajstić information content (AvgIpc) is 2.35. The molecule has 0 amide bonds. The van der Waals surface area contributed by atoms with E-state index in [9.17, 15) is 8.78 Å². The molecule has 0 saturated heterocycles. The van der Waals surface area contributed by atoms with Gasteiger partial charge in [-0.15, -0.1) is 0 Å². The molecule has 0 radical (unpaired) electrons. The van der Waals surface area contributed by atoms with Crippen LogP contribution in [0.2, 0.25) is 0 Å². The van der Waals surface area contributed by atoms with Gasteiger partial charge in [0.15, 0.2) is 0 Å². The van der Waals surface area contributed by atoms with Gasteiger partial charge in [-0.2, -0.15) is 0 Å². The molecule has 1 aromatic carbocycles. The molecule has 2 atom stereocenters. The van der Waals surface area contributed by atoms with Gasteiger partial charge >= 0.3 is 0 Å². The lowest BCUT2D eigenvalue weighted by Gasteiger charge is -2.31. The molecule has 2 unspecified atom stereocenters. The Morgan fingerprint density at radius 2 is 1.83 bits per heavy atom. The van der Waals surface area contributed by atoms with E-state index < -0.39 is 11.6 Å². The van der Waals surface area contributed by atoms with Gasteiger partial charge in [0.2, 0.25) is 0 Å². The normalized spacial score (nSPS) is 24.2. The van der Waals surface area contributed by atoms with Crippen molar-refractivity contribution in [3.63, 3.8) is 0 Å². The van der Waals surface area contributed by atoms with Crippen LogP contribution in [-0.4, -0.2) is 19.2 Å². The second-order valence-electron chi connectivity index (χ2n) is 4.81. The number of benzene rings is 1. The third-order valence-electron chi connectivity index (χ3n) is 3.46. The lowest BCUT2D eigenvalue weighted by atomic mass is 9.92. The molecule has 0 aromatic heterocycles. The van der Waals surface area contributed by atoms with Crippen LogP contribution in [0.1, 0.15) is 31.2 Å². The molecule has 1 N–H and O–H groups in total. The lowest BCUT2D eigenvalue weighted by molar-refractivity contribution is -0.00379. The number of hydrogen-bond donors (Lipinski definition) is 1. The number of nitrogens with one attached hydrogen (secondary N) is 1. The van der Waals surface area contributed by atoms with Crippen LogP contribution in [0.4, 0.5) is 8.78 Å². The fraction of sp³-hybridized carbons (Fsp3) is 0.571. The van der Waals surface area contributed by atoms with Crippen molar-refractivity contribution >= 4 is 0 Å². The standard InChI is InChI=1S/C14H19F2NO/c1-17-13-4-2-3-5-14(13)18-9-10-6-11(15)8-12(16)7-10/h6-8,13-14,17H,2-5,9H2,1H3. The van der Waals surface area contributed by atoms with Crippen LogP contribution in [-0.2, 0) is 11.3 Å². The third kappa shape index (κ3) is 3.50. The summed E-state index contributed by atoms with van der Waals surface area (Å²) < 4.78 is 31.8. The lowest BCUT2D eigenvalue weighted by Crippen LogP contribution is -2.41. The third-order valence-corrected chi connectivity index (χ3v) is 3.46. The molecule has 1 saturated carbocycles. The van der Waals surface area contributed by atoms with Crippen LogP contribution >= 0.6 is 0 Å². The van der Waals surface area contributed by atoms with Crippen molar-refractivity contribution in [2.45, 2.75) is 44.4 Å². The highest BCUT2D eigenvalue weighted by Gasteiger charge is 2.24. The zero-order valence-electron chi connectivity index (χ0n) is 10.6. The van der Waals surface area contributed by atoms with E-state index in [0.717, 1.165) is 25.3 Å². The Kier molecular flexibility index (Phi) is 4.66. The van der Waals surface area contributed by atoms with Crippen LogP contribution in [0, 0.1) is 11.6 Å². The molecule has 1 fully saturated rings. The van der Waals surface area contributed by atoms with E-state index in [2.05, 4.69) is 5.32 Å². The number of ether oxygens (including phenoxy) is 1. The van der Waals surface area contributed by atoms with E-state index >= 15 is 0 Å². The van der Waals surface area contributed by atoms with E-state index in [0.29, 0.717) is 11.6 Å². The molecule has 1 aliphatic rings. The quantitative estimate of drug-likeness (QED) is 0.893. The molecule has 18 heavy (non-hydrogen) atoms. The summed E-state index contributed by atoms with van der Waals surface area (Å²) >= 11 is 0. The monoisotopic (exact) mass is 255 g/mol. The Bertz CT molecular complexity index is 377. The molecule has 2 rings (SSSR count). The highest BCUT2D eigenvalue weighted by Crippen LogP contribution is 2.22. The van der Waals surface area contributed by atoms with E-state index in [4.69, 9.17) is 4.74 Å². The fourth-order valence-electron chi connectivity index (χ4n) is 2.52. The zero-order valence-corrected chi connectivity index (χ0v) is 10.6. The first-order chi connectivity index (χ1) is 8.69. The number of rotatable bonds is 4. The minimum Gasteiger partial charge on any atom is -0.372 e. The molecule has 0 bridgehead atoms. The van der Waals surface area contributed by atoms with Crippen molar-refractivity contribution in [3.8, 4) is 0 Å². The molecule has 4 heteroatoms. The minimum atomic E-state index is -0.553. The van der Waals surface area contributed by atoms with E-state index in [1.165, 1.54) is 18.6 Å². The second-order valence-corrected chi connectivity index (χ2v) is 4.81. The summed E-state index contributed by atoms with van der Waals surface area (Å²) in [5.41, 5.74) is 0.549. The van der Waals surface area contributed by atoms with Crippen LogP contribution in [0.5, 0.6) is 0 Å². The summed E-state index contributed by atoms with van der Waals surface area (Å²) in [6.45, 7) is 0.261. The van der Waals surface area contributed by atoms with E-state index in [-0.39, 0.29) is 12.7 Å². The summed E-state index contributed by atoms with van der Waals surface area (Å²) in [6.07, 6.45) is 4.59. The maximum absolute atomic E-state index is 13.0. The number of likely N-dealkylation sites (N-methyl/N-ethyl adjacent to an activating group) is 1. The SMILES string of the molecule is CNC1CCCCC1OCc1cc(F)cc(F)c1.